The molecule has 1 atom stereocenters. The Hall–Kier alpha value is -1.06. The first-order valence-corrected chi connectivity index (χ1v) is 5.64. The van der Waals surface area contributed by atoms with E-state index in [0.29, 0.717) is 13.0 Å². The van der Waals surface area contributed by atoms with E-state index >= 15 is 0 Å². The van der Waals surface area contributed by atoms with Crippen LogP contribution in [0.5, 0.6) is 5.75 Å². The van der Waals surface area contributed by atoms with E-state index in [4.69, 9.17) is 4.74 Å². The van der Waals surface area contributed by atoms with Crippen molar-refractivity contribution in [3.05, 3.63) is 29.8 Å². The first-order valence-electron chi connectivity index (χ1n) is 5.64. The Bertz CT molecular complexity index is 323. The van der Waals surface area contributed by atoms with Crippen LogP contribution in [0.1, 0.15) is 19.4 Å². The highest BCUT2D eigenvalue weighted by atomic mass is 16.5. The number of hydrogen-bond donors (Lipinski definition) is 2. The molecule has 0 saturated heterocycles. The summed E-state index contributed by atoms with van der Waals surface area (Å²) in [5, 5.41) is 13.4. The van der Waals surface area contributed by atoms with Crippen LogP contribution in [0.25, 0.3) is 0 Å². The molecule has 16 heavy (non-hydrogen) atoms. The molecule has 0 amide bonds. The lowest BCUT2D eigenvalue weighted by Crippen LogP contribution is -2.39. The Morgan fingerprint density at radius 1 is 1.38 bits per heavy atom. The van der Waals surface area contributed by atoms with Gasteiger partial charge in [-0.25, -0.2) is 0 Å². The zero-order chi connectivity index (χ0) is 12.0. The van der Waals surface area contributed by atoms with E-state index in [1.807, 2.05) is 38.1 Å². The van der Waals surface area contributed by atoms with E-state index in [0.717, 1.165) is 17.9 Å². The molecule has 1 rings (SSSR count). The molecule has 0 saturated carbocycles. The maximum atomic E-state index is 10.2. The van der Waals surface area contributed by atoms with Crippen LogP contribution in [0.15, 0.2) is 24.3 Å². The molecule has 0 spiro atoms. The van der Waals surface area contributed by atoms with Gasteiger partial charge in [-0.2, -0.15) is 0 Å². The Labute approximate surface area is 97.4 Å². The maximum Gasteiger partial charge on any atom is 0.122 e. The topological polar surface area (TPSA) is 41.5 Å². The Morgan fingerprint density at radius 2 is 2.06 bits per heavy atom. The van der Waals surface area contributed by atoms with Crippen molar-refractivity contribution in [2.45, 2.75) is 25.9 Å². The monoisotopic (exact) mass is 223 g/mol. The van der Waals surface area contributed by atoms with Gasteiger partial charge in [0.05, 0.1) is 12.7 Å². The Kier molecular flexibility index (Phi) is 4.77. The van der Waals surface area contributed by atoms with Gasteiger partial charge in [0.15, 0.2) is 0 Å². The van der Waals surface area contributed by atoms with E-state index in [1.54, 1.807) is 7.11 Å². The molecule has 0 heterocycles. The molecule has 1 aromatic rings. The minimum absolute atomic E-state index is 0.585. The molecule has 1 aromatic carbocycles. The van der Waals surface area contributed by atoms with Gasteiger partial charge in [-0.05, 0) is 25.1 Å². The average molecular weight is 223 g/mol. The van der Waals surface area contributed by atoms with Gasteiger partial charge in [0.2, 0.25) is 0 Å². The van der Waals surface area contributed by atoms with Gasteiger partial charge in [0.25, 0.3) is 0 Å². The number of hydrogen-bond acceptors (Lipinski definition) is 3. The lowest BCUT2D eigenvalue weighted by Gasteiger charge is -2.24. The Balaban J connectivity index is 2.71. The maximum absolute atomic E-state index is 10.2. The lowest BCUT2D eigenvalue weighted by molar-refractivity contribution is 0.0601. The summed E-state index contributed by atoms with van der Waals surface area (Å²) in [6, 6.07) is 7.79. The molecular formula is C13H21NO2. The highest BCUT2D eigenvalue weighted by Gasteiger charge is 2.21. The molecule has 0 aliphatic heterocycles. The van der Waals surface area contributed by atoms with Gasteiger partial charge >= 0.3 is 0 Å². The average Bonchev–Trinajstić information content (AvgIpc) is 2.27. The summed E-state index contributed by atoms with van der Waals surface area (Å²) in [4.78, 5) is 0. The molecule has 90 valence electrons. The number of para-hydroxylation sites is 1. The van der Waals surface area contributed by atoms with Gasteiger partial charge in [0.1, 0.15) is 5.75 Å². The van der Waals surface area contributed by atoms with Crippen molar-refractivity contribution in [2.75, 3.05) is 20.2 Å². The fraction of sp³-hybridized carbons (Fsp3) is 0.538. The summed E-state index contributed by atoms with van der Waals surface area (Å²) < 4.78 is 5.26. The van der Waals surface area contributed by atoms with E-state index < -0.39 is 5.60 Å². The fourth-order valence-electron chi connectivity index (χ4n) is 1.72. The number of likely N-dealkylation sites (N-methyl/N-ethyl adjacent to an activating group) is 1. The normalized spacial score (nSPS) is 14.5. The highest BCUT2D eigenvalue weighted by Crippen LogP contribution is 2.22. The van der Waals surface area contributed by atoms with Crippen LogP contribution >= 0.6 is 0 Å². The summed E-state index contributed by atoms with van der Waals surface area (Å²) >= 11 is 0. The number of benzene rings is 1. The second kappa shape index (κ2) is 5.87. The van der Waals surface area contributed by atoms with Crippen molar-refractivity contribution in [1.29, 1.82) is 0 Å². The summed E-state index contributed by atoms with van der Waals surface area (Å²) in [7, 11) is 1.65. The quantitative estimate of drug-likeness (QED) is 0.769. The number of aliphatic hydroxyl groups is 1. The van der Waals surface area contributed by atoms with Crippen LogP contribution in [-0.2, 0) is 6.42 Å². The summed E-state index contributed by atoms with van der Waals surface area (Å²) in [6.45, 7) is 5.31. The first kappa shape index (κ1) is 13.0. The number of ether oxygens (including phenoxy) is 1. The fourth-order valence-corrected chi connectivity index (χ4v) is 1.72. The minimum atomic E-state index is -0.745. The smallest absolute Gasteiger partial charge is 0.122 e. The molecule has 0 fully saturated rings. The number of methoxy groups -OCH3 is 1. The summed E-state index contributed by atoms with van der Waals surface area (Å²) in [6.07, 6.45) is 0.587. The zero-order valence-electron chi connectivity index (χ0n) is 10.3. The third-order valence-corrected chi connectivity index (χ3v) is 2.52. The molecule has 3 nitrogen and oxygen atoms in total. The second-order valence-electron chi connectivity index (χ2n) is 4.27. The lowest BCUT2D eigenvalue weighted by atomic mass is 9.96. The van der Waals surface area contributed by atoms with Crippen LogP contribution in [0.3, 0.4) is 0 Å². The molecule has 0 aliphatic carbocycles. The van der Waals surface area contributed by atoms with Crippen LogP contribution < -0.4 is 10.1 Å². The molecule has 3 heteroatoms. The van der Waals surface area contributed by atoms with Gasteiger partial charge in [-0.15, -0.1) is 0 Å². The predicted molar refractivity (Wildman–Crippen MR) is 65.9 cm³/mol. The van der Waals surface area contributed by atoms with Crippen LogP contribution in [0.2, 0.25) is 0 Å². The van der Waals surface area contributed by atoms with Crippen molar-refractivity contribution in [1.82, 2.24) is 5.32 Å². The second-order valence-corrected chi connectivity index (χ2v) is 4.27. The Morgan fingerprint density at radius 3 is 2.69 bits per heavy atom. The van der Waals surface area contributed by atoms with Crippen LogP contribution in [-0.4, -0.2) is 30.9 Å². The molecule has 0 aliphatic rings. The molecule has 1 unspecified atom stereocenters. The highest BCUT2D eigenvalue weighted by molar-refractivity contribution is 5.34. The predicted octanol–water partition coefficient (Wildman–Crippen LogP) is 1.60. The molecule has 0 radical (unpaired) electrons. The van der Waals surface area contributed by atoms with E-state index in [1.165, 1.54) is 0 Å². The van der Waals surface area contributed by atoms with Gasteiger partial charge in [-0.1, -0.05) is 25.1 Å². The standard InChI is InChI=1S/C13H21NO2/c1-4-14-10-13(2,15)9-11-7-5-6-8-12(11)16-3/h5-8,14-15H,4,9-10H2,1-3H3. The summed E-state index contributed by atoms with van der Waals surface area (Å²) in [5.74, 6) is 0.833. The van der Waals surface area contributed by atoms with Gasteiger partial charge < -0.3 is 15.2 Å². The summed E-state index contributed by atoms with van der Waals surface area (Å²) in [5.41, 5.74) is 0.290. The largest absolute Gasteiger partial charge is 0.496 e. The zero-order valence-corrected chi connectivity index (χ0v) is 10.3. The van der Waals surface area contributed by atoms with E-state index in [2.05, 4.69) is 5.32 Å². The molecule has 2 N–H and O–H groups in total. The first-order chi connectivity index (χ1) is 7.59. The van der Waals surface area contributed by atoms with Crippen molar-refractivity contribution in [3.63, 3.8) is 0 Å². The third-order valence-electron chi connectivity index (χ3n) is 2.52. The van der Waals surface area contributed by atoms with Crippen LogP contribution in [0.4, 0.5) is 0 Å². The molecular weight excluding hydrogens is 202 g/mol. The molecule has 0 bridgehead atoms. The van der Waals surface area contributed by atoms with Crippen LogP contribution in [0, 0.1) is 0 Å². The SMILES string of the molecule is CCNCC(C)(O)Cc1ccccc1OC. The van der Waals surface area contributed by atoms with E-state index in [9.17, 15) is 5.11 Å². The van der Waals surface area contributed by atoms with Crippen molar-refractivity contribution in [2.24, 2.45) is 0 Å². The third kappa shape index (κ3) is 3.83. The minimum Gasteiger partial charge on any atom is -0.496 e. The van der Waals surface area contributed by atoms with Gasteiger partial charge in [0, 0.05) is 13.0 Å². The number of nitrogens with one attached hydrogen (secondary N) is 1. The number of rotatable bonds is 6. The van der Waals surface area contributed by atoms with Gasteiger partial charge in [-0.3, -0.25) is 0 Å². The van der Waals surface area contributed by atoms with Crippen molar-refractivity contribution in [3.8, 4) is 5.75 Å². The van der Waals surface area contributed by atoms with Crippen molar-refractivity contribution >= 4 is 0 Å². The molecule has 0 aromatic heterocycles. The van der Waals surface area contributed by atoms with E-state index in [-0.39, 0.29) is 0 Å². The van der Waals surface area contributed by atoms with Crippen molar-refractivity contribution < 1.29 is 9.84 Å².